The molecule has 2 heteroatoms. The maximum atomic E-state index is 10.3. The van der Waals surface area contributed by atoms with E-state index in [4.69, 9.17) is 13.3 Å². The van der Waals surface area contributed by atoms with Gasteiger partial charge in [0.05, 0.1) is 5.92 Å². The van der Waals surface area contributed by atoms with Crippen LogP contribution in [0, 0.1) is 5.92 Å². The molecule has 0 fully saturated rings. The van der Waals surface area contributed by atoms with Crippen LogP contribution in [0.1, 0.15) is 21.9 Å². The van der Waals surface area contributed by atoms with Crippen LogP contribution in [0.4, 0.5) is 0 Å². The zero-order valence-electron chi connectivity index (χ0n) is 8.93. The summed E-state index contributed by atoms with van der Waals surface area (Å²) in [7, 11) is 0. The van der Waals surface area contributed by atoms with Crippen LogP contribution in [0.15, 0.2) is 0 Å². The molecule has 0 saturated carbocycles. The van der Waals surface area contributed by atoms with Gasteiger partial charge in [0.15, 0.2) is 0 Å². The van der Waals surface area contributed by atoms with Gasteiger partial charge in [-0.2, -0.15) is 0 Å². The monoisotopic (exact) mass is 96.1 g/mol. The third-order valence-electron chi connectivity index (χ3n) is 0.247. The molecule has 0 heterocycles. The summed E-state index contributed by atoms with van der Waals surface area (Å²) in [6.07, 6.45) is 0. The Bertz CT molecular complexity index is 165. The molecule has 0 aromatic rings. The maximum absolute atomic E-state index is 10.3. The first-order chi connectivity index (χ1) is 5.07. The molecule has 0 spiro atoms. The maximum Gasteiger partial charge on any atom is 0.305 e. The summed E-state index contributed by atoms with van der Waals surface area (Å²) in [6, 6.07) is 0. The SMILES string of the molecule is [2H][13C]([2H])([2H])C(C(=O)O)[13C]([2H])([2H])[2H]. The van der Waals surface area contributed by atoms with Crippen molar-refractivity contribution in [1.29, 1.82) is 0 Å². The molecule has 0 unspecified atom stereocenters. The number of hydrogen-bond donors (Lipinski definition) is 1. The van der Waals surface area contributed by atoms with E-state index in [9.17, 15) is 4.79 Å². The first kappa shape index (κ1) is 0.997. The van der Waals surface area contributed by atoms with Gasteiger partial charge in [-0.25, -0.2) is 0 Å². The third-order valence-corrected chi connectivity index (χ3v) is 0.247. The van der Waals surface area contributed by atoms with Gasteiger partial charge in [-0.15, -0.1) is 0 Å². The fourth-order valence-corrected chi connectivity index (χ4v) is 0. The van der Waals surface area contributed by atoms with Gasteiger partial charge in [-0.1, -0.05) is 13.7 Å². The number of hydrogen-bond acceptors (Lipinski definition) is 1. The van der Waals surface area contributed by atoms with Crippen LogP contribution in [0.25, 0.3) is 0 Å². The molecule has 0 rings (SSSR count). The van der Waals surface area contributed by atoms with Gasteiger partial charge in [0, 0.05) is 8.22 Å². The van der Waals surface area contributed by atoms with Crippen molar-refractivity contribution in [2.45, 2.75) is 13.7 Å². The van der Waals surface area contributed by atoms with Crippen molar-refractivity contribution >= 4 is 5.97 Å². The summed E-state index contributed by atoms with van der Waals surface area (Å²) < 4.78 is 40.0. The zero-order chi connectivity index (χ0) is 10.2. The summed E-state index contributed by atoms with van der Waals surface area (Å²) in [5.41, 5.74) is 0. The zero-order valence-corrected chi connectivity index (χ0v) is 2.93. The van der Waals surface area contributed by atoms with E-state index in [-0.39, 0.29) is 0 Å². The summed E-state index contributed by atoms with van der Waals surface area (Å²) >= 11 is 0. The highest BCUT2D eigenvalue weighted by atomic mass is 16.4. The van der Waals surface area contributed by atoms with Gasteiger partial charge in [0.2, 0.25) is 0 Å². The van der Waals surface area contributed by atoms with Gasteiger partial charge < -0.3 is 5.11 Å². The summed E-state index contributed by atoms with van der Waals surface area (Å²) in [5.74, 6) is -4.13. The average molecular weight is 96.1 g/mol. The van der Waals surface area contributed by atoms with Crippen molar-refractivity contribution in [3.05, 3.63) is 0 Å². The van der Waals surface area contributed by atoms with E-state index in [0.717, 1.165) is 0 Å². The molecule has 0 aromatic heterocycles. The van der Waals surface area contributed by atoms with Crippen molar-refractivity contribution in [2.24, 2.45) is 5.92 Å². The van der Waals surface area contributed by atoms with Crippen LogP contribution in [-0.2, 0) is 4.79 Å². The predicted octanol–water partition coefficient (Wildman–Crippen LogP) is 0.727. The number of carboxylic acids is 1. The van der Waals surface area contributed by atoms with E-state index in [1.165, 1.54) is 0 Å². The lowest BCUT2D eigenvalue weighted by Crippen LogP contribution is -2.03. The topological polar surface area (TPSA) is 37.3 Å². The minimum absolute atomic E-state index is 1.82. The highest BCUT2D eigenvalue weighted by molar-refractivity contribution is 5.68. The fourth-order valence-electron chi connectivity index (χ4n) is 0. The van der Waals surface area contributed by atoms with Crippen molar-refractivity contribution < 1.29 is 18.1 Å². The summed E-state index contributed by atoms with van der Waals surface area (Å²) in [6.45, 7) is -5.98. The molecule has 0 aliphatic heterocycles. The molecular formula is C4H8O2. The molecule has 0 bridgehead atoms. The molecule has 0 atom stereocenters. The highest BCUT2D eigenvalue weighted by Crippen LogP contribution is 1.87. The van der Waals surface area contributed by atoms with Crippen LogP contribution in [0.5, 0.6) is 0 Å². The Hall–Kier alpha value is -0.530. The molecule has 0 saturated heterocycles. The Morgan fingerprint density at radius 3 is 2.50 bits per heavy atom. The van der Waals surface area contributed by atoms with E-state index in [1.54, 1.807) is 0 Å². The minimum atomic E-state index is -2.99. The molecule has 6 heavy (non-hydrogen) atoms. The minimum Gasteiger partial charge on any atom is -0.481 e. The lowest BCUT2D eigenvalue weighted by molar-refractivity contribution is -0.140. The quantitative estimate of drug-likeness (QED) is 0.488. The highest BCUT2D eigenvalue weighted by Gasteiger charge is 1.99. The molecule has 0 aromatic carbocycles. The number of aliphatic carboxylic acids is 1. The summed E-state index contributed by atoms with van der Waals surface area (Å²) in [4.78, 5) is 10.3. The first-order valence-electron chi connectivity index (χ1n) is 4.29. The smallest absolute Gasteiger partial charge is 0.305 e. The number of rotatable bonds is 1. The van der Waals surface area contributed by atoms with Crippen LogP contribution in [0.3, 0.4) is 0 Å². The Morgan fingerprint density at radius 2 is 2.50 bits per heavy atom. The largest absolute Gasteiger partial charge is 0.481 e. The second-order valence-electron chi connectivity index (χ2n) is 0.771. The standard InChI is InChI=1S/C4H8O2/c1-3(2)4(5)6/h3H,1-2H3,(H,5,6)/i1+1D3,2+1D3. The third kappa shape index (κ3) is 1.76. The van der Waals surface area contributed by atoms with E-state index < -0.39 is 25.6 Å². The van der Waals surface area contributed by atoms with E-state index in [1.807, 2.05) is 0 Å². The fraction of sp³-hybridized carbons (Fsp3) is 0.750. The molecule has 0 aliphatic carbocycles. The molecule has 1 N–H and O–H groups in total. The van der Waals surface area contributed by atoms with Gasteiger partial charge >= 0.3 is 5.97 Å². The molecule has 2 nitrogen and oxygen atoms in total. The first-order valence-corrected chi connectivity index (χ1v) is 1.29. The average Bonchev–Trinajstić information content (AvgIpc) is 1.49. The molecule has 0 aliphatic rings. The lowest BCUT2D eigenvalue weighted by atomic mass is 10.5. The summed E-state index contributed by atoms with van der Waals surface area (Å²) in [5, 5.41) is 8.32. The Labute approximate surface area is 45.2 Å². The van der Waals surface area contributed by atoms with Crippen LogP contribution < -0.4 is 0 Å². The Morgan fingerprint density at radius 1 is 2.00 bits per heavy atom. The van der Waals surface area contributed by atoms with Crippen LogP contribution >= 0.6 is 0 Å². The van der Waals surface area contributed by atoms with Crippen LogP contribution in [0.2, 0.25) is 0 Å². The second kappa shape index (κ2) is 1.80. The van der Waals surface area contributed by atoms with Crippen molar-refractivity contribution in [1.82, 2.24) is 0 Å². The van der Waals surface area contributed by atoms with Gasteiger partial charge in [-0.3, -0.25) is 4.79 Å². The molecule has 36 valence electrons. The lowest BCUT2D eigenvalue weighted by Gasteiger charge is -1.89. The van der Waals surface area contributed by atoms with Crippen molar-refractivity contribution in [3.63, 3.8) is 0 Å². The van der Waals surface area contributed by atoms with Gasteiger partial charge in [0.1, 0.15) is 0 Å². The van der Waals surface area contributed by atoms with Crippen LogP contribution in [-0.4, -0.2) is 11.1 Å². The van der Waals surface area contributed by atoms with E-state index in [0.29, 0.717) is 0 Å². The molecule has 0 amide bonds. The Balaban J connectivity index is 4.82. The number of carbonyl (C=O) groups is 1. The number of carboxylic acid groups (broad SMARTS) is 1. The molecule has 0 radical (unpaired) electrons. The second-order valence-corrected chi connectivity index (χ2v) is 0.771. The van der Waals surface area contributed by atoms with Gasteiger partial charge in [-0.05, 0) is 0 Å². The Kier molecular flexibility index (Phi) is 0.299. The normalized spacial score (nSPS) is 28.2. The van der Waals surface area contributed by atoms with Crippen molar-refractivity contribution in [3.8, 4) is 0 Å². The van der Waals surface area contributed by atoms with E-state index >= 15 is 0 Å². The predicted molar refractivity (Wildman–Crippen MR) is 22.5 cm³/mol. The van der Waals surface area contributed by atoms with Crippen molar-refractivity contribution in [2.75, 3.05) is 0 Å². The molecular weight excluding hydrogens is 82.0 g/mol. The van der Waals surface area contributed by atoms with Gasteiger partial charge in [0.25, 0.3) is 0 Å². The van der Waals surface area contributed by atoms with E-state index in [2.05, 4.69) is 0 Å².